The maximum Gasteiger partial charge on any atom is 0.162 e. The first kappa shape index (κ1) is 19.3. The molecule has 0 aliphatic carbocycles. The molecule has 0 atom stereocenters. The fraction of sp³-hybridized carbons (Fsp3) is 0.500. The third-order valence-electron chi connectivity index (χ3n) is 3.27. The van der Waals surface area contributed by atoms with Gasteiger partial charge in [-0.3, -0.25) is 4.98 Å². The van der Waals surface area contributed by atoms with E-state index < -0.39 is 8.07 Å². The van der Waals surface area contributed by atoms with E-state index in [4.69, 9.17) is 4.74 Å². The number of hydrogen-bond acceptors (Lipinski definition) is 3. The minimum Gasteiger partial charge on any atom is -0.361 e. The van der Waals surface area contributed by atoms with Gasteiger partial charge in [0.05, 0.1) is 5.69 Å². The number of hydrogen-bond donors (Lipinski definition) is 0. The molecule has 0 spiro atoms. The molecule has 122 valence electrons. The molecule has 22 heavy (non-hydrogen) atoms. The van der Waals surface area contributed by atoms with E-state index in [0.717, 1.165) is 27.5 Å². The van der Waals surface area contributed by atoms with Crippen LogP contribution in [-0.2, 0) is 11.5 Å². The zero-order chi connectivity index (χ0) is 15.5. The van der Waals surface area contributed by atoms with Crippen molar-refractivity contribution in [3.8, 4) is 11.5 Å². The van der Waals surface area contributed by atoms with Crippen LogP contribution < -0.4 is 0 Å². The van der Waals surface area contributed by atoms with E-state index in [2.05, 4.69) is 63.7 Å². The summed E-state index contributed by atoms with van der Waals surface area (Å²) in [6.45, 7) is 10.5. The molecule has 2 rings (SSSR count). The molecule has 0 fully saturated rings. The topological polar surface area (TPSA) is 39.9 Å². The normalized spacial score (nSPS) is 11.3. The van der Waals surface area contributed by atoms with Crippen LogP contribution >= 0.6 is 22.6 Å². The highest BCUT2D eigenvalue weighted by Crippen LogP contribution is 2.21. The zero-order valence-corrected chi connectivity index (χ0v) is 16.2. The smallest absolute Gasteiger partial charge is 0.162 e. The summed E-state index contributed by atoms with van der Waals surface area (Å²) in [5.74, 6) is 0.880. The van der Waals surface area contributed by atoms with Crippen molar-refractivity contribution in [2.24, 2.45) is 0 Å². The van der Waals surface area contributed by atoms with Crippen molar-refractivity contribution >= 4 is 30.7 Å². The molecule has 2 aromatic rings. The summed E-state index contributed by atoms with van der Waals surface area (Å²) in [4.78, 5) is 9.02. The van der Waals surface area contributed by atoms with Crippen LogP contribution in [0, 0.1) is 10.6 Å². The number of pyridine rings is 1. The Labute approximate surface area is 148 Å². The van der Waals surface area contributed by atoms with Crippen molar-refractivity contribution in [1.82, 2.24) is 14.5 Å². The Morgan fingerprint density at radius 3 is 2.59 bits per heavy atom. The van der Waals surface area contributed by atoms with E-state index in [1.54, 1.807) is 6.20 Å². The molecule has 2 aromatic heterocycles. The molecule has 2 heterocycles. The predicted octanol–water partition coefficient (Wildman–Crippen LogP) is 4.81. The Balaban J connectivity index is 0.00000242. The second kappa shape index (κ2) is 8.21. The van der Waals surface area contributed by atoms with Crippen molar-refractivity contribution in [2.45, 2.75) is 46.8 Å². The highest BCUT2D eigenvalue weighted by Gasteiger charge is 2.16. The maximum atomic E-state index is 5.88. The minimum absolute atomic E-state index is 0. The number of imidazole rings is 1. The van der Waals surface area contributed by atoms with Gasteiger partial charge in [-0.1, -0.05) is 33.1 Å². The van der Waals surface area contributed by atoms with Gasteiger partial charge in [0.15, 0.2) is 5.82 Å². The molecule has 0 bridgehead atoms. The third-order valence-corrected chi connectivity index (χ3v) is 6.00. The van der Waals surface area contributed by atoms with Crippen LogP contribution in [0.15, 0.2) is 24.4 Å². The van der Waals surface area contributed by atoms with Crippen LogP contribution in [-0.4, -0.2) is 29.2 Å². The maximum absolute atomic E-state index is 5.88. The molecule has 0 aliphatic heterocycles. The standard InChI is InChI=1S/C15H22IN3OSi.CH4/c1-12-14(16)18-15(13-7-5-6-8-17-13)19(12)11-20-9-10-21(2,3)4;/h5-8H,9-11H2,1-4H3;1H4. The quantitative estimate of drug-likeness (QED) is 0.375. The Morgan fingerprint density at radius 1 is 1.27 bits per heavy atom. The van der Waals surface area contributed by atoms with E-state index in [0.29, 0.717) is 6.73 Å². The van der Waals surface area contributed by atoms with Crippen molar-refractivity contribution < 1.29 is 4.74 Å². The molecule has 0 aliphatic rings. The third kappa shape index (κ3) is 5.17. The van der Waals surface area contributed by atoms with Crippen LogP contribution in [0.1, 0.15) is 13.1 Å². The number of halogens is 1. The van der Waals surface area contributed by atoms with Gasteiger partial charge < -0.3 is 9.30 Å². The average molecular weight is 431 g/mol. The predicted molar refractivity (Wildman–Crippen MR) is 104 cm³/mol. The Bertz CT molecular complexity index is 593. The van der Waals surface area contributed by atoms with Gasteiger partial charge in [0, 0.05) is 20.9 Å². The summed E-state index contributed by atoms with van der Waals surface area (Å²) < 4.78 is 8.99. The lowest BCUT2D eigenvalue weighted by Crippen LogP contribution is -2.22. The second-order valence-electron chi connectivity index (χ2n) is 6.30. The van der Waals surface area contributed by atoms with Gasteiger partial charge in [-0.05, 0) is 47.7 Å². The van der Waals surface area contributed by atoms with Crippen LogP contribution in [0.2, 0.25) is 25.7 Å². The van der Waals surface area contributed by atoms with Gasteiger partial charge in [-0.2, -0.15) is 0 Å². The first-order valence-electron chi connectivity index (χ1n) is 7.10. The molecule has 4 nitrogen and oxygen atoms in total. The Morgan fingerprint density at radius 2 is 2.00 bits per heavy atom. The first-order valence-corrected chi connectivity index (χ1v) is 11.9. The fourth-order valence-corrected chi connectivity index (χ4v) is 3.16. The summed E-state index contributed by atoms with van der Waals surface area (Å²) in [6.07, 6.45) is 1.79. The monoisotopic (exact) mass is 431 g/mol. The Hall–Kier alpha value is -0.733. The fourth-order valence-electron chi connectivity index (χ4n) is 1.89. The molecule has 0 saturated carbocycles. The van der Waals surface area contributed by atoms with E-state index in [1.165, 1.54) is 6.04 Å². The van der Waals surface area contributed by atoms with Crippen LogP contribution in [0.25, 0.3) is 11.5 Å². The van der Waals surface area contributed by atoms with Crippen molar-refractivity contribution in [3.05, 3.63) is 33.8 Å². The SMILES string of the molecule is C.Cc1c(I)nc(-c2ccccn2)n1COCC[Si](C)(C)C. The van der Waals surface area contributed by atoms with E-state index in [1.807, 2.05) is 18.2 Å². The number of nitrogens with zero attached hydrogens (tertiary/aromatic N) is 3. The summed E-state index contributed by atoms with van der Waals surface area (Å²) in [5.41, 5.74) is 2.02. The van der Waals surface area contributed by atoms with Gasteiger partial charge >= 0.3 is 0 Å². The summed E-state index contributed by atoms with van der Waals surface area (Å²) in [7, 11) is -1.05. The molecular weight excluding hydrogens is 405 g/mol. The first-order chi connectivity index (χ1) is 9.88. The van der Waals surface area contributed by atoms with E-state index in [9.17, 15) is 0 Å². The molecule has 0 saturated heterocycles. The van der Waals surface area contributed by atoms with E-state index >= 15 is 0 Å². The molecule has 0 aromatic carbocycles. The van der Waals surface area contributed by atoms with Crippen LogP contribution in [0.5, 0.6) is 0 Å². The molecule has 0 unspecified atom stereocenters. The number of ether oxygens (including phenoxy) is 1. The highest BCUT2D eigenvalue weighted by atomic mass is 127. The van der Waals surface area contributed by atoms with Gasteiger partial charge in [0.25, 0.3) is 0 Å². The van der Waals surface area contributed by atoms with E-state index in [-0.39, 0.29) is 7.43 Å². The Kier molecular flexibility index (Phi) is 7.21. The highest BCUT2D eigenvalue weighted by molar-refractivity contribution is 14.1. The van der Waals surface area contributed by atoms with Crippen molar-refractivity contribution in [3.63, 3.8) is 0 Å². The number of rotatable bonds is 6. The van der Waals surface area contributed by atoms with Gasteiger partial charge in [0.1, 0.15) is 16.1 Å². The number of aromatic nitrogens is 3. The molecule has 0 N–H and O–H groups in total. The molecule has 0 radical (unpaired) electrons. The average Bonchev–Trinajstić information content (AvgIpc) is 2.71. The molecular formula is C16H26IN3OSi. The minimum atomic E-state index is -1.05. The summed E-state index contributed by atoms with van der Waals surface area (Å²) in [6, 6.07) is 7.06. The summed E-state index contributed by atoms with van der Waals surface area (Å²) in [5, 5.41) is 0. The lowest BCUT2D eigenvalue weighted by molar-refractivity contribution is 0.0869. The molecule has 6 heteroatoms. The lowest BCUT2D eigenvalue weighted by atomic mass is 10.3. The van der Waals surface area contributed by atoms with Gasteiger partial charge in [-0.15, -0.1) is 0 Å². The van der Waals surface area contributed by atoms with Crippen LogP contribution in [0.3, 0.4) is 0 Å². The van der Waals surface area contributed by atoms with Crippen molar-refractivity contribution in [2.75, 3.05) is 6.61 Å². The van der Waals surface area contributed by atoms with Crippen LogP contribution in [0.4, 0.5) is 0 Å². The second-order valence-corrected chi connectivity index (χ2v) is 12.9. The largest absolute Gasteiger partial charge is 0.361 e. The lowest BCUT2D eigenvalue weighted by Gasteiger charge is -2.16. The van der Waals surface area contributed by atoms with Gasteiger partial charge in [0.2, 0.25) is 0 Å². The van der Waals surface area contributed by atoms with Crippen molar-refractivity contribution in [1.29, 1.82) is 0 Å². The molecule has 0 amide bonds. The van der Waals surface area contributed by atoms with Gasteiger partial charge in [-0.25, -0.2) is 4.98 Å². The summed E-state index contributed by atoms with van der Waals surface area (Å²) >= 11 is 2.26. The zero-order valence-electron chi connectivity index (χ0n) is 13.1.